The van der Waals surface area contributed by atoms with Crippen LogP contribution >= 0.6 is 0 Å². The van der Waals surface area contributed by atoms with Gasteiger partial charge in [-0.15, -0.1) is 0 Å². The SMILES string of the molecule is [B]Nc1noc2c(C)cccc12. The zero-order valence-electron chi connectivity index (χ0n) is 6.66. The maximum atomic E-state index is 5.24. The predicted molar refractivity (Wildman–Crippen MR) is 48.1 cm³/mol. The van der Waals surface area contributed by atoms with Crippen LogP contribution in [0.2, 0.25) is 0 Å². The molecule has 3 nitrogen and oxygen atoms in total. The largest absolute Gasteiger partial charge is 0.419 e. The Morgan fingerprint density at radius 1 is 1.50 bits per heavy atom. The Hall–Kier alpha value is -1.45. The summed E-state index contributed by atoms with van der Waals surface area (Å²) in [7, 11) is 5.24. The third kappa shape index (κ3) is 0.880. The van der Waals surface area contributed by atoms with Crippen LogP contribution in [0.15, 0.2) is 22.7 Å². The number of aromatic nitrogens is 1. The Morgan fingerprint density at radius 3 is 3.08 bits per heavy atom. The van der Waals surface area contributed by atoms with Crippen molar-refractivity contribution in [2.75, 3.05) is 5.23 Å². The topological polar surface area (TPSA) is 38.1 Å². The maximum absolute atomic E-state index is 5.24. The number of hydrogen-bond acceptors (Lipinski definition) is 3. The molecule has 2 radical (unpaired) electrons. The van der Waals surface area contributed by atoms with Gasteiger partial charge in [0, 0.05) is 0 Å². The number of aryl methyl sites for hydroxylation is 1. The lowest BCUT2D eigenvalue weighted by Crippen LogP contribution is -1.89. The van der Waals surface area contributed by atoms with Crippen LogP contribution in [0, 0.1) is 6.92 Å². The van der Waals surface area contributed by atoms with Crippen LogP contribution < -0.4 is 5.23 Å². The first-order valence-electron chi connectivity index (χ1n) is 3.64. The molecule has 1 aromatic carbocycles. The average Bonchev–Trinajstić information content (AvgIpc) is 2.49. The second kappa shape index (κ2) is 2.55. The standard InChI is InChI=1S/C8H7BN2O/c1-5-3-2-4-6-7(5)12-11-8(6)10-9/h2-4H,1H3,(H,10,11). The molecule has 0 aliphatic rings. The number of rotatable bonds is 1. The zero-order valence-corrected chi connectivity index (χ0v) is 6.66. The fraction of sp³-hybridized carbons (Fsp3) is 0.125. The van der Waals surface area contributed by atoms with E-state index in [1.54, 1.807) is 0 Å². The Labute approximate surface area is 71.2 Å². The van der Waals surface area contributed by atoms with Gasteiger partial charge in [0.15, 0.2) is 11.4 Å². The van der Waals surface area contributed by atoms with E-state index in [-0.39, 0.29) is 0 Å². The van der Waals surface area contributed by atoms with Crippen LogP contribution in [0.5, 0.6) is 0 Å². The molecule has 0 aliphatic heterocycles. The minimum atomic E-state index is 0.578. The molecule has 0 fully saturated rings. The van der Waals surface area contributed by atoms with E-state index in [1.807, 2.05) is 25.1 Å². The molecule has 0 saturated carbocycles. The molecule has 1 aromatic heterocycles. The van der Waals surface area contributed by atoms with Gasteiger partial charge < -0.3 is 9.75 Å². The van der Waals surface area contributed by atoms with Crippen LogP contribution in [0.3, 0.4) is 0 Å². The normalized spacial score (nSPS) is 10.4. The summed E-state index contributed by atoms with van der Waals surface area (Å²) in [5.74, 6) is 0.578. The summed E-state index contributed by atoms with van der Waals surface area (Å²) in [5.41, 5.74) is 1.84. The van der Waals surface area contributed by atoms with E-state index in [0.717, 1.165) is 16.5 Å². The van der Waals surface area contributed by atoms with Gasteiger partial charge in [-0.2, -0.15) is 0 Å². The third-order valence-corrected chi connectivity index (χ3v) is 1.83. The zero-order chi connectivity index (χ0) is 8.55. The van der Waals surface area contributed by atoms with E-state index in [0.29, 0.717) is 5.82 Å². The van der Waals surface area contributed by atoms with Crippen molar-refractivity contribution in [1.29, 1.82) is 0 Å². The van der Waals surface area contributed by atoms with Gasteiger partial charge >= 0.3 is 0 Å². The van der Waals surface area contributed by atoms with E-state index in [4.69, 9.17) is 12.5 Å². The summed E-state index contributed by atoms with van der Waals surface area (Å²) >= 11 is 0. The Morgan fingerprint density at radius 2 is 2.33 bits per heavy atom. The minimum Gasteiger partial charge on any atom is -0.419 e. The first-order chi connectivity index (χ1) is 5.83. The second-order valence-electron chi connectivity index (χ2n) is 2.63. The number of anilines is 1. The Bertz CT molecular complexity index is 410. The summed E-state index contributed by atoms with van der Waals surface area (Å²) < 4.78 is 5.08. The fourth-order valence-electron chi connectivity index (χ4n) is 1.20. The first-order valence-corrected chi connectivity index (χ1v) is 3.64. The highest BCUT2D eigenvalue weighted by Gasteiger charge is 2.06. The lowest BCUT2D eigenvalue weighted by molar-refractivity contribution is 0.459. The average molecular weight is 158 g/mol. The molecule has 1 N–H and O–H groups in total. The van der Waals surface area contributed by atoms with Crippen molar-refractivity contribution in [3.63, 3.8) is 0 Å². The molecule has 0 unspecified atom stereocenters. The molecule has 0 aliphatic carbocycles. The molecule has 4 heteroatoms. The molecule has 0 bridgehead atoms. The molecule has 0 atom stereocenters. The van der Waals surface area contributed by atoms with Crippen LogP contribution in [-0.4, -0.2) is 13.1 Å². The molecule has 0 saturated heterocycles. The quantitative estimate of drug-likeness (QED) is 0.640. The number of nitrogens with zero attached hydrogens (tertiary/aromatic N) is 1. The van der Waals surface area contributed by atoms with Gasteiger partial charge in [-0.1, -0.05) is 17.3 Å². The minimum absolute atomic E-state index is 0.578. The van der Waals surface area contributed by atoms with Crippen molar-refractivity contribution in [3.8, 4) is 0 Å². The third-order valence-electron chi connectivity index (χ3n) is 1.83. The molecule has 1 heterocycles. The van der Waals surface area contributed by atoms with E-state index >= 15 is 0 Å². The smallest absolute Gasteiger partial charge is 0.224 e. The van der Waals surface area contributed by atoms with Crippen molar-refractivity contribution < 1.29 is 4.52 Å². The number of para-hydroxylation sites is 1. The van der Waals surface area contributed by atoms with Crippen molar-refractivity contribution in [1.82, 2.24) is 5.16 Å². The summed E-state index contributed by atoms with van der Waals surface area (Å²) in [6.45, 7) is 1.97. The molecule has 2 rings (SSSR count). The Balaban J connectivity index is 2.80. The van der Waals surface area contributed by atoms with Gasteiger partial charge in [-0.25, -0.2) is 0 Å². The maximum Gasteiger partial charge on any atom is 0.224 e. The van der Waals surface area contributed by atoms with E-state index in [2.05, 4.69) is 10.4 Å². The molecule has 12 heavy (non-hydrogen) atoms. The summed E-state index contributed by atoms with van der Waals surface area (Å²) in [6, 6.07) is 5.82. The van der Waals surface area contributed by atoms with Gasteiger partial charge in [0.25, 0.3) is 0 Å². The highest BCUT2D eigenvalue weighted by Crippen LogP contribution is 2.24. The molecular formula is C8H7BN2O. The van der Waals surface area contributed by atoms with Crippen LogP contribution in [0.4, 0.5) is 5.82 Å². The summed E-state index contributed by atoms with van der Waals surface area (Å²) in [4.78, 5) is 0. The van der Waals surface area contributed by atoms with E-state index < -0.39 is 0 Å². The van der Waals surface area contributed by atoms with Crippen molar-refractivity contribution in [3.05, 3.63) is 23.8 Å². The summed E-state index contributed by atoms with van der Waals surface area (Å²) in [6.07, 6.45) is 0. The van der Waals surface area contributed by atoms with Crippen molar-refractivity contribution in [2.24, 2.45) is 0 Å². The first kappa shape index (κ1) is 7.22. The molecular weight excluding hydrogens is 151 g/mol. The number of hydrogen-bond donors (Lipinski definition) is 1. The van der Waals surface area contributed by atoms with Gasteiger partial charge in [-0.05, 0) is 18.6 Å². The monoisotopic (exact) mass is 158 g/mol. The molecule has 0 amide bonds. The second-order valence-corrected chi connectivity index (χ2v) is 2.63. The molecule has 0 spiro atoms. The lowest BCUT2D eigenvalue weighted by Gasteiger charge is -1.93. The van der Waals surface area contributed by atoms with Crippen LogP contribution in [-0.2, 0) is 0 Å². The molecule has 58 valence electrons. The molecule has 2 aromatic rings. The summed E-state index contributed by atoms with van der Waals surface area (Å²) in [5, 5.41) is 7.15. The lowest BCUT2D eigenvalue weighted by atomic mass is 10.1. The fourth-order valence-corrected chi connectivity index (χ4v) is 1.20. The van der Waals surface area contributed by atoms with Crippen molar-refractivity contribution in [2.45, 2.75) is 6.92 Å². The van der Waals surface area contributed by atoms with E-state index in [1.165, 1.54) is 0 Å². The van der Waals surface area contributed by atoms with Crippen LogP contribution in [0.1, 0.15) is 5.56 Å². The van der Waals surface area contributed by atoms with Gasteiger partial charge in [-0.3, -0.25) is 0 Å². The van der Waals surface area contributed by atoms with Gasteiger partial charge in [0.1, 0.15) is 0 Å². The number of fused-ring (bicyclic) bond motifs is 1. The Kier molecular flexibility index (Phi) is 1.53. The van der Waals surface area contributed by atoms with E-state index in [9.17, 15) is 0 Å². The van der Waals surface area contributed by atoms with Gasteiger partial charge in [0.05, 0.1) is 5.39 Å². The van der Waals surface area contributed by atoms with Crippen molar-refractivity contribution >= 4 is 24.8 Å². The highest BCUT2D eigenvalue weighted by molar-refractivity contribution is 6.17. The number of nitrogens with one attached hydrogen (secondary N) is 1. The highest BCUT2D eigenvalue weighted by atomic mass is 16.5. The number of benzene rings is 1. The van der Waals surface area contributed by atoms with Crippen LogP contribution in [0.25, 0.3) is 11.0 Å². The van der Waals surface area contributed by atoms with Gasteiger partial charge in [0.2, 0.25) is 7.98 Å². The predicted octanol–water partition coefficient (Wildman–Crippen LogP) is 1.63.